The van der Waals surface area contributed by atoms with E-state index in [0.29, 0.717) is 28.9 Å². The number of nitrogens with two attached hydrogens (primary N) is 1. The van der Waals surface area contributed by atoms with Crippen molar-refractivity contribution in [3.05, 3.63) is 24.0 Å². The molecule has 1 atom stereocenters. The first-order chi connectivity index (χ1) is 8.49. The van der Waals surface area contributed by atoms with Gasteiger partial charge in [-0.3, -0.25) is 0 Å². The number of benzene rings is 1. The molecule has 0 saturated heterocycles. The summed E-state index contributed by atoms with van der Waals surface area (Å²) in [6.45, 7) is 4.34. The first kappa shape index (κ1) is 11.1. The highest BCUT2D eigenvalue weighted by Crippen LogP contribution is 2.57. The molecule has 1 aromatic heterocycles. The van der Waals surface area contributed by atoms with Gasteiger partial charge in [0.25, 0.3) is 5.89 Å². The van der Waals surface area contributed by atoms with E-state index in [-0.39, 0.29) is 11.2 Å². The fourth-order valence-electron chi connectivity index (χ4n) is 2.13. The Morgan fingerprint density at radius 1 is 1.44 bits per heavy atom. The molecule has 1 aliphatic rings. The van der Waals surface area contributed by atoms with Gasteiger partial charge in [0, 0.05) is 5.92 Å². The standard InChI is InChI=1S/C13H15N3O2/c1-13(2)6-8(13)11-15-12(18-16-11)7-4-3-5-9(14)10(7)17/h3-5,8,17H,6,14H2,1-2H3. The molecule has 2 aromatic rings. The number of phenolic OH excluding ortho intramolecular Hbond substituents is 1. The first-order valence-electron chi connectivity index (χ1n) is 5.90. The van der Waals surface area contributed by atoms with E-state index < -0.39 is 0 Å². The zero-order valence-electron chi connectivity index (χ0n) is 10.3. The second-order valence-electron chi connectivity index (χ2n) is 5.45. The Bertz CT molecular complexity index is 604. The van der Waals surface area contributed by atoms with Gasteiger partial charge in [-0.2, -0.15) is 4.98 Å². The Morgan fingerprint density at radius 2 is 2.17 bits per heavy atom. The van der Waals surface area contributed by atoms with Crippen LogP contribution in [0.2, 0.25) is 0 Å². The Kier molecular flexibility index (Phi) is 2.14. The zero-order valence-corrected chi connectivity index (χ0v) is 10.3. The summed E-state index contributed by atoms with van der Waals surface area (Å²) in [5, 5.41) is 13.8. The minimum Gasteiger partial charge on any atom is -0.505 e. The number of anilines is 1. The van der Waals surface area contributed by atoms with Crippen molar-refractivity contribution < 1.29 is 9.63 Å². The largest absolute Gasteiger partial charge is 0.505 e. The average molecular weight is 245 g/mol. The van der Waals surface area contributed by atoms with Crippen LogP contribution in [0.15, 0.2) is 22.7 Å². The van der Waals surface area contributed by atoms with Crippen LogP contribution in [0.5, 0.6) is 5.75 Å². The minimum absolute atomic E-state index is 0.0113. The number of nitrogens with zero attached hydrogens (tertiary/aromatic N) is 2. The molecule has 1 unspecified atom stereocenters. The van der Waals surface area contributed by atoms with Gasteiger partial charge < -0.3 is 15.4 Å². The van der Waals surface area contributed by atoms with Crippen molar-refractivity contribution in [3.63, 3.8) is 0 Å². The maximum atomic E-state index is 9.86. The number of para-hydroxylation sites is 1. The molecule has 1 saturated carbocycles. The molecule has 3 rings (SSSR count). The molecule has 3 N–H and O–H groups in total. The van der Waals surface area contributed by atoms with E-state index in [1.807, 2.05) is 0 Å². The predicted octanol–water partition coefficient (Wildman–Crippen LogP) is 2.54. The molecule has 5 nitrogen and oxygen atoms in total. The van der Waals surface area contributed by atoms with Crippen molar-refractivity contribution >= 4 is 5.69 Å². The Morgan fingerprint density at radius 3 is 2.83 bits per heavy atom. The van der Waals surface area contributed by atoms with E-state index in [0.717, 1.165) is 6.42 Å². The highest BCUT2D eigenvalue weighted by atomic mass is 16.5. The number of hydrogen-bond acceptors (Lipinski definition) is 5. The van der Waals surface area contributed by atoms with Gasteiger partial charge in [-0.15, -0.1) is 0 Å². The lowest BCUT2D eigenvalue weighted by Gasteiger charge is -2.01. The maximum Gasteiger partial charge on any atom is 0.261 e. The van der Waals surface area contributed by atoms with E-state index >= 15 is 0 Å². The third-order valence-corrected chi connectivity index (χ3v) is 3.56. The second kappa shape index (κ2) is 3.48. The van der Waals surface area contributed by atoms with Gasteiger partial charge in [0.2, 0.25) is 0 Å². The Labute approximate surface area is 105 Å². The number of rotatable bonds is 2. The monoisotopic (exact) mass is 245 g/mol. The van der Waals surface area contributed by atoms with Gasteiger partial charge in [-0.25, -0.2) is 0 Å². The van der Waals surface area contributed by atoms with Crippen molar-refractivity contribution in [1.29, 1.82) is 0 Å². The Balaban J connectivity index is 1.96. The third kappa shape index (κ3) is 1.63. The molecule has 5 heteroatoms. The van der Waals surface area contributed by atoms with E-state index in [9.17, 15) is 5.11 Å². The highest BCUT2D eigenvalue weighted by molar-refractivity contribution is 5.71. The van der Waals surface area contributed by atoms with Crippen LogP contribution in [0.1, 0.15) is 32.0 Å². The molecule has 0 spiro atoms. The summed E-state index contributed by atoms with van der Waals surface area (Å²) in [6, 6.07) is 5.08. The highest BCUT2D eigenvalue weighted by Gasteiger charge is 2.49. The molecule has 0 amide bonds. The smallest absolute Gasteiger partial charge is 0.261 e. The number of phenols is 1. The summed E-state index contributed by atoms with van der Waals surface area (Å²) >= 11 is 0. The minimum atomic E-state index is -0.0113. The third-order valence-electron chi connectivity index (χ3n) is 3.56. The van der Waals surface area contributed by atoms with Crippen molar-refractivity contribution in [1.82, 2.24) is 10.1 Å². The van der Waals surface area contributed by atoms with E-state index in [1.54, 1.807) is 18.2 Å². The molecule has 1 aromatic carbocycles. The molecule has 0 bridgehead atoms. The summed E-state index contributed by atoms with van der Waals surface area (Å²) in [7, 11) is 0. The summed E-state index contributed by atoms with van der Waals surface area (Å²) in [4.78, 5) is 4.35. The van der Waals surface area contributed by atoms with Crippen molar-refractivity contribution in [2.45, 2.75) is 26.2 Å². The van der Waals surface area contributed by atoms with Gasteiger partial charge >= 0.3 is 0 Å². The fourth-order valence-corrected chi connectivity index (χ4v) is 2.13. The SMILES string of the molecule is CC1(C)CC1c1noc(-c2cccc(N)c2O)n1. The number of nitrogen functional groups attached to an aromatic ring is 1. The lowest BCUT2D eigenvalue weighted by Crippen LogP contribution is -1.92. The summed E-state index contributed by atoms with van der Waals surface area (Å²) in [5.74, 6) is 1.36. The van der Waals surface area contributed by atoms with Gasteiger partial charge in [0.05, 0.1) is 11.3 Å². The lowest BCUT2D eigenvalue weighted by molar-refractivity contribution is 0.415. The number of aromatic hydroxyl groups is 1. The molecular formula is C13H15N3O2. The van der Waals surface area contributed by atoms with Gasteiger partial charge in [-0.1, -0.05) is 25.1 Å². The average Bonchev–Trinajstić information content (AvgIpc) is 2.77. The van der Waals surface area contributed by atoms with Crippen LogP contribution in [0.25, 0.3) is 11.5 Å². The van der Waals surface area contributed by atoms with Crippen LogP contribution >= 0.6 is 0 Å². The van der Waals surface area contributed by atoms with Crippen LogP contribution in [-0.2, 0) is 0 Å². The molecular weight excluding hydrogens is 230 g/mol. The number of hydrogen-bond donors (Lipinski definition) is 2. The van der Waals surface area contributed by atoms with Crippen molar-refractivity contribution in [2.75, 3.05) is 5.73 Å². The van der Waals surface area contributed by atoms with Crippen molar-refractivity contribution in [2.24, 2.45) is 5.41 Å². The van der Waals surface area contributed by atoms with Crippen LogP contribution in [0.4, 0.5) is 5.69 Å². The van der Waals surface area contributed by atoms with Gasteiger partial charge in [-0.05, 0) is 24.0 Å². The van der Waals surface area contributed by atoms with Crippen LogP contribution in [-0.4, -0.2) is 15.2 Å². The van der Waals surface area contributed by atoms with Crippen LogP contribution in [0.3, 0.4) is 0 Å². The molecule has 94 valence electrons. The molecule has 18 heavy (non-hydrogen) atoms. The first-order valence-corrected chi connectivity index (χ1v) is 5.90. The fraction of sp³-hybridized carbons (Fsp3) is 0.385. The molecule has 1 fully saturated rings. The Hall–Kier alpha value is -2.04. The molecule has 0 aliphatic heterocycles. The topological polar surface area (TPSA) is 85.2 Å². The number of aromatic nitrogens is 2. The maximum absolute atomic E-state index is 9.86. The zero-order chi connectivity index (χ0) is 12.9. The van der Waals surface area contributed by atoms with E-state index in [4.69, 9.17) is 10.3 Å². The summed E-state index contributed by atoms with van der Waals surface area (Å²) < 4.78 is 5.20. The molecule has 1 aliphatic carbocycles. The van der Waals surface area contributed by atoms with Crippen molar-refractivity contribution in [3.8, 4) is 17.2 Å². The summed E-state index contributed by atoms with van der Waals surface area (Å²) in [6.07, 6.45) is 1.06. The second-order valence-corrected chi connectivity index (χ2v) is 5.45. The van der Waals surface area contributed by atoms with Crippen LogP contribution < -0.4 is 5.73 Å². The van der Waals surface area contributed by atoms with Gasteiger partial charge in [0.1, 0.15) is 0 Å². The predicted molar refractivity (Wildman–Crippen MR) is 67.0 cm³/mol. The van der Waals surface area contributed by atoms with E-state index in [2.05, 4.69) is 24.0 Å². The lowest BCUT2D eigenvalue weighted by atomic mass is 10.1. The normalized spacial score (nSPS) is 20.9. The summed E-state index contributed by atoms with van der Waals surface area (Å²) in [5.41, 5.74) is 6.67. The van der Waals surface area contributed by atoms with Gasteiger partial charge in [0.15, 0.2) is 11.6 Å². The molecule has 1 heterocycles. The quantitative estimate of drug-likeness (QED) is 0.627. The van der Waals surface area contributed by atoms with E-state index in [1.165, 1.54) is 0 Å². The molecule has 0 radical (unpaired) electrons. The van der Waals surface area contributed by atoms with Crippen LogP contribution in [0, 0.1) is 5.41 Å².